The van der Waals surface area contributed by atoms with Crippen LogP contribution in [-0.2, 0) is 11.2 Å². The summed E-state index contributed by atoms with van der Waals surface area (Å²) >= 11 is 3.53. The Morgan fingerprint density at radius 1 is 1.40 bits per heavy atom. The number of fused-ring (bicyclic) bond motifs is 2. The molecule has 0 saturated heterocycles. The van der Waals surface area contributed by atoms with E-state index in [2.05, 4.69) is 30.7 Å². The van der Waals surface area contributed by atoms with Crippen LogP contribution in [-0.4, -0.2) is 40.1 Å². The summed E-state index contributed by atoms with van der Waals surface area (Å²) in [6.07, 6.45) is 2.50. The quantitative estimate of drug-likeness (QED) is 0.666. The standard InChI is InChI=1S/C24H34N2O2S2/c1-6-26(7-2)23(28)14(3)17-8-10-24(5)12-18-20(15(4)19(24)21(17)27)25-22(30-18)16-9-11-29-13-16/h9,11,13-15,17,19,21,27H,6-8,10,12H2,1-5H3/t14-,15-,17-,19+,21-,24-/m0/s1. The summed E-state index contributed by atoms with van der Waals surface area (Å²) in [6.45, 7) is 12.1. The molecule has 0 aliphatic heterocycles. The van der Waals surface area contributed by atoms with Gasteiger partial charge in [-0.2, -0.15) is 11.3 Å². The van der Waals surface area contributed by atoms with Gasteiger partial charge in [0, 0.05) is 40.7 Å². The zero-order valence-corrected chi connectivity index (χ0v) is 20.4. The molecule has 1 N–H and O–H groups in total. The van der Waals surface area contributed by atoms with Crippen LogP contribution in [0, 0.1) is 23.2 Å². The lowest BCUT2D eigenvalue weighted by Crippen LogP contribution is -2.53. The third-order valence-electron chi connectivity index (χ3n) is 7.80. The molecule has 2 aliphatic carbocycles. The van der Waals surface area contributed by atoms with Gasteiger partial charge in [0.2, 0.25) is 5.91 Å². The lowest BCUT2D eigenvalue weighted by atomic mass is 9.53. The van der Waals surface area contributed by atoms with Crippen molar-refractivity contribution in [1.82, 2.24) is 9.88 Å². The molecular formula is C24H34N2O2S2. The molecule has 0 aromatic carbocycles. The summed E-state index contributed by atoms with van der Waals surface area (Å²) in [5.74, 6) is 0.416. The predicted molar refractivity (Wildman–Crippen MR) is 125 cm³/mol. The van der Waals surface area contributed by atoms with Crippen molar-refractivity contribution >= 4 is 28.6 Å². The van der Waals surface area contributed by atoms with E-state index in [4.69, 9.17) is 4.98 Å². The molecule has 1 saturated carbocycles. The third-order valence-corrected chi connectivity index (χ3v) is 9.60. The average Bonchev–Trinajstić information content (AvgIpc) is 3.38. The smallest absolute Gasteiger partial charge is 0.225 e. The van der Waals surface area contributed by atoms with E-state index >= 15 is 0 Å². The molecule has 0 radical (unpaired) electrons. The van der Waals surface area contributed by atoms with E-state index in [-0.39, 0.29) is 35.0 Å². The van der Waals surface area contributed by atoms with Gasteiger partial charge in [-0.3, -0.25) is 4.79 Å². The molecule has 4 rings (SSSR count). The number of carbonyl (C=O) groups excluding carboxylic acids is 1. The summed E-state index contributed by atoms with van der Waals surface area (Å²) in [6, 6.07) is 2.14. The fourth-order valence-corrected chi connectivity index (χ4v) is 8.14. The molecule has 2 heterocycles. The van der Waals surface area contributed by atoms with Gasteiger partial charge in [0.15, 0.2) is 0 Å². The summed E-state index contributed by atoms with van der Waals surface area (Å²) in [5, 5.41) is 16.9. The maximum absolute atomic E-state index is 13.0. The van der Waals surface area contributed by atoms with E-state index < -0.39 is 6.10 Å². The number of aliphatic hydroxyl groups is 1. The monoisotopic (exact) mass is 446 g/mol. The number of aliphatic hydroxyl groups excluding tert-OH is 1. The van der Waals surface area contributed by atoms with Crippen LogP contribution in [0.5, 0.6) is 0 Å². The highest BCUT2D eigenvalue weighted by Crippen LogP contribution is 2.57. The van der Waals surface area contributed by atoms with Crippen molar-refractivity contribution in [2.45, 2.75) is 65.9 Å². The van der Waals surface area contributed by atoms with E-state index in [1.54, 1.807) is 11.3 Å². The van der Waals surface area contributed by atoms with Gasteiger partial charge in [-0.05, 0) is 61.8 Å². The molecule has 164 valence electrons. The molecule has 2 aromatic rings. The maximum Gasteiger partial charge on any atom is 0.225 e. The number of thiazole rings is 1. The van der Waals surface area contributed by atoms with Crippen LogP contribution in [0.4, 0.5) is 0 Å². The first-order valence-corrected chi connectivity index (χ1v) is 13.1. The Morgan fingerprint density at radius 2 is 2.13 bits per heavy atom. The largest absolute Gasteiger partial charge is 0.392 e. The van der Waals surface area contributed by atoms with Gasteiger partial charge in [0.25, 0.3) is 0 Å². The lowest BCUT2D eigenvalue weighted by Gasteiger charge is -2.53. The van der Waals surface area contributed by atoms with Crippen molar-refractivity contribution in [3.63, 3.8) is 0 Å². The van der Waals surface area contributed by atoms with E-state index in [9.17, 15) is 9.90 Å². The first kappa shape index (κ1) is 22.0. The SMILES string of the molecule is CCN(CC)C(=O)[C@@H](C)[C@@H]1CC[C@@]2(C)Cc3sc(-c4ccsc4)nc3[C@@H](C)[C@@H]2[C@H]1O. The Kier molecular flexibility index (Phi) is 6.12. The number of hydrogen-bond acceptors (Lipinski definition) is 5. The van der Waals surface area contributed by atoms with Crippen LogP contribution < -0.4 is 0 Å². The first-order chi connectivity index (χ1) is 14.3. The number of aromatic nitrogens is 1. The summed E-state index contributed by atoms with van der Waals surface area (Å²) in [7, 11) is 0. The van der Waals surface area contributed by atoms with Crippen molar-refractivity contribution in [1.29, 1.82) is 0 Å². The van der Waals surface area contributed by atoms with Gasteiger partial charge < -0.3 is 10.0 Å². The van der Waals surface area contributed by atoms with Crippen molar-refractivity contribution in [2.24, 2.45) is 23.2 Å². The molecule has 0 unspecified atom stereocenters. The lowest BCUT2D eigenvalue weighted by molar-refractivity contribution is -0.144. The van der Waals surface area contributed by atoms with Crippen LogP contribution in [0.15, 0.2) is 16.8 Å². The highest BCUT2D eigenvalue weighted by atomic mass is 32.1. The zero-order valence-electron chi connectivity index (χ0n) is 18.7. The Morgan fingerprint density at radius 3 is 2.77 bits per heavy atom. The second-order valence-corrected chi connectivity index (χ2v) is 11.3. The van der Waals surface area contributed by atoms with Crippen LogP contribution in [0.2, 0.25) is 0 Å². The van der Waals surface area contributed by atoms with Gasteiger partial charge in [0.1, 0.15) is 5.01 Å². The normalized spacial score (nSPS) is 31.7. The van der Waals surface area contributed by atoms with Gasteiger partial charge >= 0.3 is 0 Å². The fourth-order valence-electron chi connectivity index (χ4n) is 6.06. The van der Waals surface area contributed by atoms with Crippen LogP contribution in [0.25, 0.3) is 10.6 Å². The number of rotatable bonds is 5. The van der Waals surface area contributed by atoms with Crippen molar-refractivity contribution in [3.05, 3.63) is 27.4 Å². The first-order valence-electron chi connectivity index (χ1n) is 11.3. The molecule has 0 spiro atoms. The summed E-state index contributed by atoms with van der Waals surface area (Å²) in [4.78, 5) is 21.3. The van der Waals surface area contributed by atoms with E-state index in [0.29, 0.717) is 0 Å². The highest BCUT2D eigenvalue weighted by molar-refractivity contribution is 7.15. The van der Waals surface area contributed by atoms with Gasteiger partial charge in [-0.25, -0.2) is 4.98 Å². The molecule has 30 heavy (non-hydrogen) atoms. The minimum atomic E-state index is -0.465. The number of nitrogens with zero attached hydrogens (tertiary/aromatic N) is 2. The molecule has 2 aromatic heterocycles. The second-order valence-electron chi connectivity index (χ2n) is 9.48. The van der Waals surface area contributed by atoms with E-state index in [0.717, 1.165) is 37.4 Å². The number of amides is 1. The summed E-state index contributed by atoms with van der Waals surface area (Å²) in [5.41, 5.74) is 2.45. The molecule has 0 bridgehead atoms. The van der Waals surface area contributed by atoms with Gasteiger partial charge in [0.05, 0.1) is 11.8 Å². The van der Waals surface area contributed by atoms with Gasteiger partial charge in [-0.1, -0.05) is 20.8 Å². The molecule has 1 amide bonds. The van der Waals surface area contributed by atoms with Crippen LogP contribution in [0.3, 0.4) is 0 Å². The minimum Gasteiger partial charge on any atom is -0.392 e. The minimum absolute atomic E-state index is 0.0233. The molecule has 6 atom stereocenters. The Balaban J connectivity index is 1.62. The van der Waals surface area contributed by atoms with Crippen LogP contribution in [0.1, 0.15) is 63.9 Å². The third kappa shape index (κ3) is 3.55. The molecular weight excluding hydrogens is 412 g/mol. The van der Waals surface area contributed by atoms with E-state index in [1.165, 1.54) is 16.1 Å². The number of carbonyl (C=O) groups is 1. The maximum atomic E-state index is 13.0. The zero-order chi connectivity index (χ0) is 21.6. The Labute approximate surface area is 188 Å². The molecule has 6 heteroatoms. The predicted octanol–water partition coefficient (Wildman–Crippen LogP) is 5.43. The fraction of sp³-hybridized carbons (Fsp3) is 0.667. The number of thiophene rings is 1. The highest BCUT2D eigenvalue weighted by Gasteiger charge is 2.54. The van der Waals surface area contributed by atoms with Gasteiger partial charge in [-0.15, -0.1) is 11.3 Å². The van der Waals surface area contributed by atoms with Crippen molar-refractivity contribution in [3.8, 4) is 10.6 Å². The van der Waals surface area contributed by atoms with E-state index in [1.807, 2.05) is 37.0 Å². The summed E-state index contributed by atoms with van der Waals surface area (Å²) < 4.78 is 0. The Bertz CT molecular complexity index is 889. The number of hydrogen-bond donors (Lipinski definition) is 1. The average molecular weight is 447 g/mol. The topological polar surface area (TPSA) is 53.4 Å². The molecule has 1 fully saturated rings. The molecule has 2 aliphatic rings. The van der Waals surface area contributed by atoms with Crippen molar-refractivity contribution < 1.29 is 9.90 Å². The molecule has 4 nitrogen and oxygen atoms in total. The Hall–Kier alpha value is -1.24. The van der Waals surface area contributed by atoms with Crippen molar-refractivity contribution in [2.75, 3.05) is 13.1 Å². The second kappa shape index (κ2) is 8.36. The van der Waals surface area contributed by atoms with Crippen LogP contribution >= 0.6 is 22.7 Å².